The number of benzene rings is 1. The molecule has 1 fully saturated rings. The van der Waals surface area contributed by atoms with Gasteiger partial charge in [-0.1, -0.05) is 24.3 Å². The van der Waals surface area contributed by atoms with Crippen LogP contribution in [0.5, 0.6) is 0 Å². The van der Waals surface area contributed by atoms with Crippen molar-refractivity contribution in [1.29, 1.82) is 0 Å². The highest BCUT2D eigenvalue weighted by atomic mass is 16.3. The van der Waals surface area contributed by atoms with E-state index in [2.05, 4.69) is 29.2 Å². The predicted molar refractivity (Wildman–Crippen MR) is 77.0 cm³/mol. The third-order valence-electron chi connectivity index (χ3n) is 5.21. The first-order chi connectivity index (χ1) is 9.38. The minimum absolute atomic E-state index is 0.278. The van der Waals surface area contributed by atoms with E-state index in [1.54, 1.807) is 11.1 Å². The summed E-state index contributed by atoms with van der Waals surface area (Å²) in [6.07, 6.45) is 4.93. The first kappa shape index (κ1) is 11.7. The Labute approximate surface area is 114 Å². The van der Waals surface area contributed by atoms with Crippen LogP contribution in [0.1, 0.15) is 42.7 Å². The molecule has 0 unspecified atom stereocenters. The smallest absolute Gasteiger partial charge is 0.0503 e. The van der Waals surface area contributed by atoms with Crippen LogP contribution in [0.15, 0.2) is 29.8 Å². The van der Waals surface area contributed by atoms with Crippen molar-refractivity contribution in [2.45, 2.75) is 37.6 Å². The van der Waals surface area contributed by atoms with Crippen molar-refractivity contribution in [3.63, 3.8) is 0 Å². The lowest BCUT2D eigenvalue weighted by Crippen LogP contribution is -2.38. The maximum atomic E-state index is 9.73. The van der Waals surface area contributed by atoms with Crippen molar-refractivity contribution in [2.75, 3.05) is 19.7 Å². The molecule has 1 aromatic carbocycles. The second kappa shape index (κ2) is 4.46. The molecule has 2 atom stereocenters. The second-order valence-electron chi connectivity index (χ2n) is 6.12. The lowest BCUT2D eigenvalue weighted by Gasteiger charge is -2.39. The van der Waals surface area contributed by atoms with Crippen molar-refractivity contribution in [3.8, 4) is 0 Å². The van der Waals surface area contributed by atoms with Gasteiger partial charge >= 0.3 is 0 Å². The van der Waals surface area contributed by atoms with Crippen molar-refractivity contribution in [1.82, 2.24) is 4.90 Å². The second-order valence-corrected chi connectivity index (χ2v) is 6.12. The molecule has 1 aromatic rings. The number of hydrogen-bond donors (Lipinski definition) is 1. The van der Waals surface area contributed by atoms with Gasteiger partial charge in [-0.15, -0.1) is 0 Å². The SMILES string of the molecule is OC[C@@H]1CC2=C(CCN3CCC[C@@H]23)c2ccccc21. The van der Waals surface area contributed by atoms with E-state index < -0.39 is 0 Å². The third-order valence-corrected chi connectivity index (χ3v) is 5.21. The van der Waals surface area contributed by atoms with Crippen LogP contribution in [-0.4, -0.2) is 35.7 Å². The van der Waals surface area contributed by atoms with Crippen LogP contribution in [0.25, 0.3) is 5.57 Å². The molecule has 1 saturated heterocycles. The lowest BCUT2D eigenvalue weighted by molar-refractivity contribution is 0.241. The van der Waals surface area contributed by atoms with Gasteiger partial charge in [0, 0.05) is 18.5 Å². The zero-order chi connectivity index (χ0) is 12.8. The molecule has 0 radical (unpaired) electrons. The summed E-state index contributed by atoms with van der Waals surface area (Å²) in [7, 11) is 0. The minimum Gasteiger partial charge on any atom is -0.396 e. The minimum atomic E-state index is 0.278. The van der Waals surface area contributed by atoms with E-state index >= 15 is 0 Å². The molecule has 0 spiro atoms. The van der Waals surface area contributed by atoms with Crippen LogP contribution < -0.4 is 0 Å². The highest BCUT2D eigenvalue weighted by Gasteiger charge is 2.37. The molecule has 1 N–H and O–H groups in total. The monoisotopic (exact) mass is 255 g/mol. The van der Waals surface area contributed by atoms with Gasteiger partial charge in [-0.05, 0) is 54.5 Å². The van der Waals surface area contributed by atoms with Gasteiger partial charge < -0.3 is 5.11 Å². The Hall–Kier alpha value is -1.12. The van der Waals surface area contributed by atoms with Gasteiger partial charge in [-0.25, -0.2) is 0 Å². The molecule has 100 valence electrons. The molecule has 0 aromatic heterocycles. The molecule has 3 aliphatic rings. The third kappa shape index (κ3) is 1.70. The average molecular weight is 255 g/mol. The molecule has 0 saturated carbocycles. The number of aliphatic hydroxyl groups is 1. The number of nitrogens with zero attached hydrogens (tertiary/aromatic N) is 1. The van der Waals surface area contributed by atoms with Gasteiger partial charge in [0.25, 0.3) is 0 Å². The van der Waals surface area contributed by atoms with Gasteiger partial charge in [-0.2, -0.15) is 0 Å². The Morgan fingerprint density at radius 2 is 2.11 bits per heavy atom. The lowest BCUT2D eigenvalue weighted by atomic mass is 9.74. The van der Waals surface area contributed by atoms with Crippen molar-refractivity contribution in [2.24, 2.45) is 0 Å². The van der Waals surface area contributed by atoms with Crippen LogP contribution in [-0.2, 0) is 0 Å². The molecule has 19 heavy (non-hydrogen) atoms. The number of aliphatic hydroxyl groups excluding tert-OH is 1. The van der Waals surface area contributed by atoms with E-state index in [1.807, 2.05) is 0 Å². The van der Waals surface area contributed by atoms with E-state index in [1.165, 1.54) is 43.5 Å². The molecule has 2 heterocycles. The van der Waals surface area contributed by atoms with Crippen LogP contribution in [0.2, 0.25) is 0 Å². The summed E-state index contributed by atoms with van der Waals surface area (Å²) < 4.78 is 0. The number of rotatable bonds is 1. The van der Waals surface area contributed by atoms with E-state index in [0.717, 1.165) is 6.42 Å². The van der Waals surface area contributed by atoms with Gasteiger partial charge in [0.05, 0.1) is 6.61 Å². The van der Waals surface area contributed by atoms with E-state index in [0.29, 0.717) is 12.0 Å². The normalized spacial score (nSPS) is 29.9. The Morgan fingerprint density at radius 3 is 3.00 bits per heavy atom. The maximum Gasteiger partial charge on any atom is 0.0503 e. The molecule has 0 amide bonds. The van der Waals surface area contributed by atoms with E-state index in [-0.39, 0.29) is 6.61 Å². The molecule has 1 aliphatic carbocycles. The fourth-order valence-corrected chi connectivity index (χ4v) is 4.34. The average Bonchev–Trinajstić information content (AvgIpc) is 2.95. The Bertz CT molecular complexity index is 534. The molecule has 2 heteroatoms. The fraction of sp³-hybridized carbons (Fsp3) is 0.529. The zero-order valence-corrected chi connectivity index (χ0v) is 11.3. The van der Waals surface area contributed by atoms with Crippen molar-refractivity contribution >= 4 is 5.57 Å². The molecule has 2 aliphatic heterocycles. The van der Waals surface area contributed by atoms with E-state index in [9.17, 15) is 5.11 Å². The Kier molecular flexibility index (Phi) is 2.75. The number of hydrogen-bond acceptors (Lipinski definition) is 2. The van der Waals surface area contributed by atoms with Crippen LogP contribution >= 0.6 is 0 Å². The summed E-state index contributed by atoms with van der Waals surface area (Å²) in [5.41, 5.74) is 6.04. The summed E-state index contributed by atoms with van der Waals surface area (Å²) in [5, 5.41) is 9.73. The van der Waals surface area contributed by atoms with Crippen LogP contribution in [0, 0.1) is 0 Å². The summed E-state index contributed by atoms with van der Waals surface area (Å²) in [6.45, 7) is 2.77. The van der Waals surface area contributed by atoms with Gasteiger partial charge in [-0.3, -0.25) is 4.90 Å². The summed E-state index contributed by atoms with van der Waals surface area (Å²) in [6, 6.07) is 9.39. The van der Waals surface area contributed by atoms with Crippen molar-refractivity contribution < 1.29 is 5.11 Å². The highest BCUT2D eigenvalue weighted by Crippen LogP contribution is 2.46. The molecular formula is C17H21NO. The topological polar surface area (TPSA) is 23.5 Å². The van der Waals surface area contributed by atoms with Gasteiger partial charge in [0.1, 0.15) is 0 Å². The van der Waals surface area contributed by atoms with Gasteiger partial charge in [0.2, 0.25) is 0 Å². The first-order valence-electron chi connectivity index (χ1n) is 7.54. The van der Waals surface area contributed by atoms with Crippen molar-refractivity contribution in [3.05, 3.63) is 41.0 Å². The predicted octanol–water partition coefficient (Wildman–Crippen LogP) is 2.79. The Morgan fingerprint density at radius 1 is 1.21 bits per heavy atom. The van der Waals surface area contributed by atoms with Gasteiger partial charge in [0.15, 0.2) is 0 Å². The Balaban J connectivity index is 1.84. The maximum absolute atomic E-state index is 9.73. The largest absolute Gasteiger partial charge is 0.396 e. The standard InChI is InChI=1S/C17H21NO/c19-11-12-10-16-15(14-5-2-1-4-13(12)14)7-9-18-8-3-6-17(16)18/h1-2,4-5,12,17,19H,3,6-11H2/t12-,17-/m0/s1. The molecule has 4 rings (SSSR count). The van der Waals surface area contributed by atoms with E-state index in [4.69, 9.17) is 0 Å². The molecular weight excluding hydrogens is 234 g/mol. The molecule has 0 bridgehead atoms. The summed E-state index contributed by atoms with van der Waals surface area (Å²) in [4.78, 5) is 2.65. The van der Waals surface area contributed by atoms with Crippen LogP contribution in [0.4, 0.5) is 0 Å². The first-order valence-corrected chi connectivity index (χ1v) is 7.54. The summed E-state index contributed by atoms with van der Waals surface area (Å²) in [5.74, 6) is 0.315. The number of fused-ring (bicyclic) bond motifs is 4. The van der Waals surface area contributed by atoms with Crippen LogP contribution in [0.3, 0.4) is 0 Å². The quantitative estimate of drug-likeness (QED) is 0.834. The summed E-state index contributed by atoms with van der Waals surface area (Å²) >= 11 is 0. The highest BCUT2D eigenvalue weighted by molar-refractivity contribution is 5.75. The molecule has 2 nitrogen and oxygen atoms in total. The fourth-order valence-electron chi connectivity index (χ4n) is 4.34. The zero-order valence-electron chi connectivity index (χ0n) is 11.3.